The molecule has 2 aliphatic heterocycles. The Morgan fingerprint density at radius 2 is 1.90 bits per heavy atom. The highest BCUT2D eigenvalue weighted by atomic mass is 35.5. The summed E-state index contributed by atoms with van der Waals surface area (Å²) < 4.78 is 35.1. The molecule has 0 spiro atoms. The Morgan fingerprint density at radius 1 is 1.13 bits per heavy atom. The average Bonchev–Trinajstić information content (AvgIpc) is 3.19. The first kappa shape index (κ1) is 21.3. The highest BCUT2D eigenvalue weighted by Crippen LogP contribution is 2.35. The number of hydrogen-bond acceptors (Lipinski definition) is 7. The average molecular weight is 467 g/mol. The lowest BCUT2D eigenvalue weighted by Gasteiger charge is -2.27. The Kier molecular flexibility index (Phi) is 6.18. The minimum Gasteiger partial charge on any atom is -0.493 e. The fourth-order valence-corrected chi connectivity index (χ4v) is 7.10. The van der Waals surface area contributed by atoms with Crippen molar-refractivity contribution in [3.63, 3.8) is 0 Å². The van der Waals surface area contributed by atoms with Gasteiger partial charge in [-0.05, 0) is 29.3 Å². The van der Waals surface area contributed by atoms with E-state index in [0.29, 0.717) is 23.8 Å². The molecule has 2 atom stereocenters. The van der Waals surface area contributed by atoms with Crippen LogP contribution < -0.4 is 9.47 Å². The molecule has 0 bridgehead atoms. The van der Waals surface area contributed by atoms with Crippen LogP contribution in [0.25, 0.3) is 0 Å². The second-order valence-electron chi connectivity index (χ2n) is 7.32. The quantitative estimate of drug-likeness (QED) is 0.647. The van der Waals surface area contributed by atoms with Crippen molar-refractivity contribution in [2.75, 3.05) is 25.7 Å². The van der Waals surface area contributed by atoms with Gasteiger partial charge in [-0.25, -0.2) is 8.42 Å². The van der Waals surface area contributed by atoms with E-state index < -0.39 is 9.84 Å². The third-order valence-electron chi connectivity index (χ3n) is 5.33. The summed E-state index contributed by atoms with van der Waals surface area (Å²) in [5, 5.41) is 1.58. The van der Waals surface area contributed by atoms with Crippen LogP contribution in [0, 0.1) is 0 Å². The summed E-state index contributed by atoms with van der Waals surface area (Å²) in [6.45, 7) is 0.547. The molecule has 2 aliphatic rings. The van der Waals surface area contributed by atoms with Gasteiger partial charge in [0.05, 0.1) is 37.8 Å². The van der Waals surface area contributed by atoms with E-state index in [9.17, 15) is 8.42 Å². The number of sulfone groups is 1. The number of rotatable bonds is 6. The van der Waals surface area contributed by atoms with E-state index in [1.165, 1.54) is 0 Å². The van der Waals surface area contributed by atoms with Crippen molar-refractivity contribution in [2.45, 2.75) is 24.4 Å². The van der Waals surface area contributed by atoms with Crippen LogP contribution in [-0.2, 0) is 22.1 Å². The summed E-state index contributed by atoms with van der Waals surface area (Å²) in [4.78, 5) is 6.88. The molecule has 9 heteroatoms. The molecule has 0 aromatic heterocycles. The van der Waals surface area contributed by atoms with Crippen LogP contribution in [0.4, 0.5) is 0 Å². The molecule has 2 aromatic rings. The Bertz CT molecular complexity index is 1070. The number of thioether (sulfide) groups is 1. The summed E-state index contributed by atoms with van der Waals surface area (Å²) in [7, 11) is 0.125. The fraction of sp³-hybridized carbons (Fsp3) is 0.381. The van der Waals surface area contributed by atoms with Crippen molar-refractivity contribution in [1.29, 1.82) is 0 Å². The van der Waals surface area contributed by atoms with Gasteiger partial charge in [-0.3, -0.25) is 4.99 Å². The molecule has 0 amide bonds. The maximum atomic E-state index is 12.2. The second-order valence-corrected chi connectivity index (χ2v) is 10.8. The van der Waals surface area contributed by atoms with Gasteiger partial charge in [0.15, 0.2) is 26.5 Å². The molecular formula is C21H23ClN2O4S2. The first-order chi connectivity index (χ1) is 14.4. The van der Waals surface area contributed by atoms with Gasteiger partial charge in [0.25, 0.3) is 0 Å². The number of methoxy groups -OCH3 is 2. The Labute approximate surface area is 186 Å². The molecule has 1 fully saturated rings. The second kappa shape index (κ2) is 8.69. The van der Waals surface area contributed by atoms with Gasteiger partial charge in [-0.15, -0.1) is 0 Å². The summed E-state index contributed by atoms with van der Waals surface area (Å²) in [5.74, 6) is 2.21. The van der Waals surface area contributed by atoms with Crippen molar-refractivity contribution in [2.24, 2.45) is 4.99 Å². The predicted octanol–water partition coefficient (Wildman–Crippen LogP) is 3.63. The van der Waals surface area contributed by atoms with Gasteiger partial charge in [-0.1, -0.05) is 47.6 Å². The zero-order valence-electron chi connectivity index (χ0n) is 16.7. The number of hydrogen-bond donors (Lipinski definition) is 0. The molecule has 1 saturated heterocycles. The van der Waals surface area contributed by atoms with Crippen LogP contribution in [0.1, 0.15) is 11.1 Å². The summed E-state index contributed by atoms with van der Waals surface area (Å²) in [6.07, 6.45) is 0. The minimum atomic E-state index is -3.08. The van der Waals surface area contributed by atoms with Crippen LogP contribution in [0.15, 0.2) is 47.5 Å². The number of benzene rings is 2. The molecule has 30 heavy (non-hydrogen) atoms. The number of fused-ring (bicyclic) bond motifs is 1. The SMILES string of the molecule is COc1ccc(CN2C(SCc3ccccc3Cl)=N[C@H]3CS(=O)(=O)C[C@@H]32)cc1OC. The van der Waals surface area contributed by atoms with E-state index >= 15 is 0 Å². The normalized spacial score (nSPS) is 22.0. The van der Waals surface area contributed by atoms with E-state index in [0.717, 1.165) is 21.3 Å². The van der Waals surface area contributed by atoms with Crippen LogP contribution in [0.5, 0.6) is 11.5 Å². The van der Waals surface area contributed by atoms with Crippen molar-refractivity contribution in [3.05, 3.63) is 58.6 Å². The van der Waals surface area contributed by atoms with Gasteiger partial charge in [0.1, 0.15) is 0 Å². The van der Waals surface area contributed by atoms with E-state index in [-0.39, 0.29) is 23.6 Å². The molecule has 0 aliphatic carbocycles. The number of halogens is 1. The first-order valence-corrected chi connectivity index (χ1v) is 12.7. The molecule has 4 rings (SSSR count). The van der Waals surface area contributed by atoms with Crippen molar-refractivity contribution < 1.29 is 17.9 Å². The van der Waals surface area contributed by atoms with Gasteiger partial charge in [-0.2, -0.15) is 0 Å². The first-order valence-electron chi connectivity index (χ1n) is 9.52. The van der Waals surface area contributed by atoms with Crippen molar-refractivity contribution in [3.8, 4) is 11.5 Å². The highest BCUT2D eigenvalue weighted by Gasteiger charge is 2.46. The number of amidine groups is 1. The van der Waals surface area contributed by atoms with Gasteiger partial charge >= 0.3 is 0 Å². The maximum absolute atomic E-state index is 12.2. The molecule has 160 valence electrons. The maximum Gasteiger partial charge on any atom is 0.161 e. The molecule has 0 N–H and O–H groups in total. The molecule has 0 unspecified atom stereocenters. The topological polar surface area (TPSA) is 68.2 Å². The van der Waals surface area contributed by atoms with Crippen LogP contribution in [0.2, 0.25) is 5.02 Å². The Balaban J connectivity index is 1.57. The zero-order valence-corrected chi connectivity index (χ0v) is 19.1. The van der Waals surface area contributed by atoms with Crippen molar-refractivity contribution in [1.82, 2.24) is 4.90 Å². The lowest BCUT2D eigenvalue weighted by Crippen LogP contribution is -2.38. The number of nitrogens with zero attached hydrogens (tertiary/aromatic N) is 2. The smallest absolute Gasteiger partial charge is 0.161 e. The van der Waals surface area contributed by atoms with E-state index in [4.69, 9.17) is 26.1 Å². The predicted molar refractivity (Wildman–Crippen MR) is 122 cm³/mol. The minimum absolute atomic E-state index is 0.107. The standard InChI is InChI=1S/C21H23ClN2O4S2/c1-27-19-8-7-14(9-20(19)28-2)10-24-18-13-30(25,26)12-17(18)23-21(24)29-11-15-5-3-4-6-16(15)22/h3-9,17-18H,10-13H2,1-2H3/t17-,18-/m0/s1. The fourth-order valence-electron chi connectivity index (χ4n) is 3.83. The lowest BCUT2D eigenvalue weighted by atomic mass is 10.1. The number of aliphatic imine (C=N–C) groups is 1. The van der Waals surface area contributed by atoms with Gasteiger partial charge in [0, 0.05) is 17.3 Å². The van der Waals surface area contributed by atoms with Crippen LogP contribution in [0.3, 0.4) is 0 Å². The van der Waals surface area contributed by atoms with Gasteiger partial charge in [0.2, 0.25) is 0 Å². The van der Waals surface area contributed by atoms with E-state index in [1.54, 1.807) is 26.0 Å². The van der Waals surface area contributed by atoms with E-state index in [2.05, 4.69) is 4.90 Å². The molecule has 0 radical (unpaired) electrons. The zero-order chi connectivity index (χ0) is 21.3. The third kappa shape index (κ3) is 4.40. The third-order valence-corrected chi connectivity index (χ3v) is 8.45. The molecule has 2 aromatic carbocycles. The summed E-state index contributed by atoms with van der Waals surface area (Å²) in [5.41, 5.74) is 2.03. The van der Waals surface area contributed by atoms with E-state index in [1.807, 2.05) is 42.5 Å². The Morgan fingerprint density at radius 3 is 2.63 bits per heavy atom. The largest absolute Gasteiger partial charge is 0.493 e. The lowest BCUT2D eigenvalue weighted by molar-refractivity contribution is 0.337. The molecule has 6 nitrogen and oxygen atoms in total. The van der Waals surface area contributed by atoms with Crippen LogP contribution in [-0.4, -0.2) is 56.3 Å². The van der Waals surface area contributed by atoms with Crippen LogP contribution >= 0.6 is 23.4 Å². The summed E-state index contributed by atoms with van der Waals surface area (Å²) in [6, 6.07) is 13.1. The number of ether oxygens (including phenoxy) is 2. The highest BCUT2D eigenvalue weighted by molar-refractivity contribution is 8.13. The van der Waals surface area contributed by atoms with Gasteiger partial charge < -0.3 is 14.4 Å². The Hall–Kier alpha value is -1.90. The summed E-state index contributed by atoms with van der Waals surface area (Å²) >= 11 is 7.89. The molecule has 2 heterocycles. The van der Waals surface area contributed by atoms with Crippen molar-refractivity contribution >= 4 is 38.4 Å². The monoisotopic (exact) mass is 466 g/mol. The molecule has 0 saturated carbocycles. The molecular weight excluding hydrogens is 444 g/mol.